The predicted molar refractivity (Wildman–Crippen MR) is 74.9 cm³/mol. The molecule has 0 unspecified atom stereocenters. The fraction of sp³-hybridized carbons (Fsp3) is 0.375. The first-order valence-electron chi connectivity index (χ1n) is 6.62. The van der Waals surface area contributed by atoms with Crippen molar-refractivity contribution in [3.05, 3.63) is 41.5 Å². The van der Waals surface area contributed by atoms with Crippen molar-refractivity contribution >= 4 is 17.5 Å². The summed E-state index contributed by atoms with van der Waals surface area (Å²) in [5.41, 5.74) is 3.36. The number of esters is 2. The summed E-state index contributed by atoms with van der Waals surface area (Å²) >= 11 is 0. The molecule has 106 valence electrons. The molecule has 0 bridgehead atoms. The van der Waals surface area contributed by atoms with E-state index in [2.05, 4.69) is 15.5 Å². The SMILES string of the molecule is COC(=O)C(/C=C1\CCCc2ccccc21)C(=O)OC. The average molecular weight is 274 g/mol. The third-order valence-corrected chi connectivity index (χ3v) is 3.53. The molecule has 0 heterocycles. The van der Waals surface area contributed by atoms with E-state index in [4.69, 9.17) is 0 Å². The molecule has 0 fully saturated rings. The van der Waals surface area contributed by atoms with Crippen molar-refractivity contribution < 1.29 is 19.1 Å². The summed E-state index contributed by atoms with van der Waals surface area (Å²) in [5.74, 6) is -2.18. The lowest BCUT2D eigenvalue weighted by molar-refractivity contribution is -0.156. The maximum Gasteiger partial charge on any atom is 0.324 e. The Kier molecular flexibility index (Phi) is 4.56. The molecule has 0 saturated heterocycles. The van der Waals surface area contributed by atoms with Gasteiger partial charge in [-0.05, 0) is 36.0 Å². The van der Waals surface area contributed by atoms with Gasteiger partial charge in [-0.3, -0.25) is 9.59 Å². The van der Waals surface area contributed by atoms with Gasteiger partial charge in [0.05, 0.1) is 14.2 Å². The van der Waals surface area contributed by atoms with Crippen LogP contribution in [0.25, 0.3) is 5.57 Å². The number of benzene rings is 1. The zero-order chi connectivity index (χ0) is 14.5. The van der Waals surface area contributed by atoms with Crippen LogP contribution in [-0.2, 0) is 25.5 Å². The first kappa shape index (κ1) is 14.3. The van der Waals surface area contributed by atoms with Crippen LogP contribution in [-0.4, -0.2) is 26.2 Å². The van der Waals surface area contributed by atoms with Gasteiger partial charge in [-0.25, -0.2) is 0 Å². The fourth-order valence-corrected chi connectivity index (χ4v) is 2.52. The quantitative estimate of drug-likeness (QED) is 0.627. The van der Waals surface area contributed by atoms with Gasteiger partial charge in [0.2, 0.25) is 0 Å². The van der Waals surface area contributed by atoms with E-state index in [1.165, 1.54) is 19.8 Å². The topological polar surface area (TPSA) is 52.6 Å². The van der Waals surface area contributed by atoms with Gasteiger partial charge in [0, 0.05) is 0 Å². The molecule has 1 aliphatic rings. The molecule has 0 amide bonds. The highest BCUT2D eigenvalue weighted by molar-refractivity contribution is 5.98. The standard InChI is InChI=1S/C16H18O4/c1-19-15(17)14(16(18)20-2)10-12-8-5-7-11-6-3-4-9-13(11)12/h3-4,6,9-10,14H,5,7-8H2,1-2H3/b12-10+. The van der Waals surface area contributed by atoms with Crippen LogP contribution in [0.4, 0.5) is 0 Å². The minimum absolute atomic E-state index is 0.590. The highest BCUT2D eigenvalue weighted by Gasteiger charge is 2.28. The molecular weight excluding hydrogens is 256 g/mol. The van der Waals surface area contributed by atoms with E-state index in [1.54, 1.807) is 6.08 Å². The molecule has 0 spiro atoms. The molecule has 0 saturated carbocycles. The first-order chi connectivity index (χ1) is 9.67. The second kappa shape index (κ2) is 6.37. The Bertz CT molecular complexity index is 529. The number of aryl methyl sites for hydroxylation is 1. The third-order valence-electron chi connectivity index (χ3n) is 3.53. The van der Waals surface area contributed by atoms with E-state index >= 15 is 0 Å². The van der Waals surface area contributed by atoms with Gasteiger partial charge in [0.15, 0.2) is 5.92 Å². The fourth-order valence-electron chi connectivity index (χ4n) is 2.52. The molecule has 20 heavy (non-hydrogen) atoms. The van der Waals surface area contributed by atoms with Crippen LogP contribution in [0, 0.1) is 5.92 Å². The van der Waals surface area contributed by atoms with Gasteiger partial charge >= 0.3 is 11.9 Å². The zero-order valence-electron chi connectivity index (χ0n) is 11.7. The minimum atomic E-state index is -0.994. The van der Waals surface area contributed by atoms with Crippen molar-refractivity contribution in [2.75, 3.05) is 14.2 Å². The molecule has 1 aliphatic carbocycles. The maximum absolute atomic E-state index is 11.7. The van der Waals surface area contributed by atoms with Gasteiger partial charge < -0.3 is 9.47 Å². The third kappa shape index (κ3) is 2.90. The van der Waals surface area contributed by atoms with Crippen LogP contribution >= 0.6 is 0 Å². The van der Waals surface area contributed by atoms with E-state index in [0.29, 0.717) is 0 Å². The van der Waals surface area contributed by atoms with Gasteiger partial charge in [-0.2, -0.15) is 0 Å². The number of carbonyl (C=O) groups excluding carboxylic acids is 2. The Labute approximate surface area is 118 Å². The normalized spacial score (nSPS) is 15.8. The minimum Gasteiger partial charge on any atom is -0.468 e. The van der Waals surface area contributed by atoms with Gasteiger partial charge in [0.25, 0.3) is 0 Å². The number of hydrogen-bond donors (Lipinski definition) is 0. The lowest BCUT2D eigenvalue weighted by atomic mass is 9.85. The largest absolute Gasteiger partial charge is 0.468 e. The summed E-state index contributed by atoms with van der Waals surface area (Å²) in [6.07, 6.45) is 4.56. The molecule has 1 aromatic carbocycles. The summed E-state index contributed by atoms with van der Waals surface area (Å²) in [4.78, 5) is 23.5. The Morgan fingerprint density at radius 2 is 1.75 bits per heavy atom. The number of hydrogen-bond acceptors (Lipinski definition) is 4. The molecular formula is C16H18O4. The number of methoxy groups -OCH3 is 2. The number of carbonyl (C=O) groups is 2. The second-order valence-corrected chi connectivity index (χ2v) is 4.73. The van der Waals surface area contributed by atoms with E-state index in [0.717, 1.165) is 30.4 Å². The highest BCUT2D eigenvalue weighted by atomic mass is 16.5. The Hall–Kier alpha value is -2.10. The van der Waals surface area contributed by atoms with Crippen molar-refractivity contribution in [2.45, 2.75) is 19.3 Å². The molecule has 0 N–H and O–H groups in total. The highest BCUT2D eigenvalue weighted by Crippen LogP contribution is 2.31. The molecule has 4 nitrogen and oxygen atoms in total. The smallest absolute Gasteiger partial charge is 0.324 e. The molecule has 0 aliphatic heterocycles. The van der Waals surface area contributed by atoms with E-state index in [-0.39, 0.29) is 0 Å². The van der Waals surface area contributed by atoms with Crippen LogP contribution in [0.2, 0.25) is 0 Å². The zero-order valence-corrected chi connectivity index (χ0v) is 11.7. The van der Waals surface area contributed by atoms with Crippen molar-refractivity contribution in [1.29, 1.82) is 0 Å². The van der Waals surface area contributed by atoms with Gasteiger partial charge in [-0.1, -0.05) is 30.3 Å². The Morgan fingerprint density at radius 1 is 1.10 bits per heavy atom. The number of rotatable bonds is 3. The average Bonchev–Trinajstić information content (AvgIpc) is 2.51. The Morgan fingerprint density at radius 3 is 2.40 bits per heavy atom. The Balaban J connectivity index is 2.38. The number of fused-ring (bicyclic) bond motifs is 1. The van der Waals surface area contributed by atoms with Crippen molar-refractivity contribution in [3.63, 3.8) is 0 Å². The summed E-state index contributed by atoms with van der Waals surface area (Å²) in [6, 6.07) is 8.06. The first-order valence-corrected chi connectivity index (χ1v) is 6.62. The van der Waals surface area contributed by atoms with Crippen LogP contribution < -0.4 is 0 Å². The van der Waals surface area contributed by atoms with Crippen molar-refractivity contribution in [3.8, 4) is 0 Å². The number of ether oxygens (including phenoxy) is 2. The number of allylic oxidation sites excluding steroid dienone is 1. The summed E-state index contributed by atoms with van der Waals surface area (Å²) in [5, 5.41) is 0. The van der Waals surface area contributed by atoms with Crippen LogP contribution in [0.5, 0.6) is 0 Å². The van der Waals surface area contributed by atoms with Crippen molar-refractivity contribution in [1.82, 2.24) is 0 Å². The van der Waals surface area contributed by atoms with Crippen LogP contribution in [0.3, 0.4) is 0 Å². The molecule has 1 aromatic rings. The molecule has 0 aromatic heterocycles. The lowest BCUT2D eigenvalue weighted by Gasteiger charge is -2.20. The van der Waals surface area contributed by atoms with Crippen LogP contribution in [0.1, 0.15) is 24.0 Å². The van der Waals surface area contributed by atoms with Crippen molar-refractivity contribution in [2.24, 2.45) is 5.92 Å². The van der Waals surface area contributed by atoms with Gasteiger partial charge in [-0.15, -0.1) is 0 Å². The predicted octanol–water partition coefficient (Wildman–Crippen LogP) is 2.37. The maximum atomic E-state index is 11.7. The van der Waals surface area contributed by atoms with Gasteiger partial charge in [0.1, 0.15) is 0 Å². The van der Waals surface area contributed by atoms with E-state index in [1.807, 2.05) is 18.2 Å². The monoisotopic (exact) mass is 274 g/mol. The van der Waals surface area contributed by atoms with E-state index in [9.17, 15) is 9.59 Å². The van der Waals surface area contributed by atoms with Crippen LogP contribution in [0.15, 0.2) is 30.3 Å². The van der Waals surface area contributed by atoms with E-state index < -0.39 is 17.9 Å². The molecule has 4 heteroatoms. The molecule has 0 atom stereocenters. The summed E-state index contributed by atoms with van der Waals surface area (Å²) < 4.78 is 9.36. The lowest BCUT2D eigenvalue weighted by Crippen LogP contribution is -2.25. The summed E-state index contributed by atoms with van der Waals surface area (Å²) in [6.45, 7) is 0. The molecule has 2 rings (SSSR count). The summed E-state index contributed by atoms with van der Waals surface area (Å²) in [7, 11) is 2.54. The molecule has 0 radical (unpaired) electrons. The second-order valence-electron chi connectivity index (χ2n) is 4.73.